The van der Waals surface area contributed by atoms with Crippen LogP contribution in [0.1, 0.15) is 22.6 Å². The summed E-state index contributed by atoms with van der Waals surface area (Å²) in [6, 6.07) is 1.80. The summed E-state index contributed by atoms with van der Waals surface area (Å²) in [5, 5.41) is 5.79. The normalized spacial score (nSPS) is 12.1. The molecule has 0 unspecified atom stereocenters. The fourth-order valence-electron chi connectivity index (χ4n) is 2.20. The van der Waals surface area contributed by atoms with E-state index in [0.29, 0.717) is 29.2 Å². The Labute approximate surface area is 149 Å². The summed E-state index contributed by atoms with van der Waals surface area (Å²) in [6.07, 6.45) is -9.72. The Kier molecular flexibility index (Phi) is 5.71. The summed E-state index contributed by atoms with van der Waals surface area (Å²) in [5.74, 6) is -0.951. The number of hydrogen-bond donors (Lipinski definition) is 1. The van der Waals surface area contributed by atoms with Crippen molar-refractivity contribution >= 4 is 11.6 Å². The highest BCUT2D eigenvalue weighted by Gasteiger charge is 2.33. The van der Waals surface area contributed by atoms with E-state index in [9.17, 15) is 31.1 Å². The number of hydrogen-bond acceptors (Lipinski definition) is 4. The molecule has 1 N–H and O–H groups in total. The van der Waals surface area contributed by atoms with E-state index in [1.54, 1.807) is 13.8 Å². The van der Waals surface area contributed by atoms with Gasteiger partial charge in [-0.3, -0.25) is 4.79 Å². The lowest BCUT2D eigenvalue weighted by Crippen LogP contribution is -2.21. The minimum Gasteiger partial charge on any atom is -0.482 e. The van der Waals surface area contributed by atoms with E-state index in [1.165, 1.54) is 0 Å². The number of alkyl halides is 6. The number of rotatable bonds is 5. The fraction of sp³-hybridized carbons (Fsp3) is 0.375. The van der Waals surface area contributed by atoms with Gasteiger partial charge >= 0.3 is 12.4 Å². The van der Waals surface area contributed by atoms with E-state index in [0.717, 1.165) is 6.07 Å². The number of nitrogens with one attached hydrogen (secondary N) is 1. The zero-order valence-electron chi connectivity index (χ0n) is 14.1. The van der Waals surface area contributed by atoms with Crippen LogP contribution in [0.4, 0.5) is 32.0 Å². The third-order valence-corrected chi connectivity index (χ3v) is 3.49. The fourth-order valence-corrected chi connectivity index (χ4v) is 2.20. The van der Waals surface area contributed by atoms with Crippen LogP contribution in [0, 0.1) is 13.8 Å². The minimum absolute atomic E-state index is 0.282. The van der Waals surface area contributed by atoms with Gasteiger partial charge in [-0.2, -0.15) is 26.3 Å². The first-order valence-electron chi connectivity index (χ1n) is 7.49. The van der Waals surface area contributed by atoms with Crippen molar-refractivity contribution in [1.82, 2.24) is 5.16 Å². The number of carbonyl (C=O) groups is 1. The van der Waals surface area contributed by atoms with Gasteiger partial charge in [0.05, 0.1) is 23.4 Å². The summed E-state index contributed by atoms with van der Waals surface area (Å²) in [5.41, 5.74) is -0.821. The zero-order chi connectivity index (χ0) is 20.4. The van der Waals surface area contributed by atoms with Crippen LogP contribution in [0.15, 0.2) is 22.7 Å². The molecule has 0 aliphatic carbocycles. The van der Waals surface area contributed by atoms with Gasteiger partial charge < -0.3 is 14.6 Å². The summed E-state index contributed by atoms with van der Waals surface area (Å²) in [4.78, 5) is 12.2. The lowest BCUT2D eigenvalue weighted by atomic mass is 10.1. The Morgan fingerprint density at radius 3 is 2.37 bits per heavy atom. The minimum atomic E-state index is -4.75. The molecule has 27 heavy (non-hydrogen) atoms. The smallest absolute Gasteiger partial charge is 0.422 e. The third-order valence-electron chi connectivity index (χ3n) is 3.49. The van der Waals surface area contributed by atoms with Crippen molar-refractivity contribution in [3.8, 4) is 5.75 Å². The number of carbonyl (C=O) groups excluding carboxylic acids is 1. The average Bonchev–Trinajstić information content (AvgIpc) is 2.83. The molecular weight excluding hydrogens is 382 g/mol. The first-order chi connectivity index (χ1) is 12.4. The molecule has 2 aromatic rings. The number of benzene rings is 1. The van der Waals surface area contributed by atoms with E-state index in [1.807, 2.05) is 0 Å². The van der Waals surface area contributed by atoms with Gasteiger partial charge in [-0.25, -0.2) is 0 Å². The maximum atomic E-state index is 12.9. The van der Waals surface area contributed by atoms with Crippen molar-refractivity contribution < 1.29 is 40.4 Å². The Morgan fingerprint density at radius 1 is 1.19 bits per heavy atom. The number of nitrogens with zero attached hydrogens (tertiary/aromatic N) is 1. The second-order valence-electron chi connectivity index (χ2n) is 5.64. The van der Waals surface area contributed by atoms with Gasteiger partial charge in [0.2, 0.25) is 5.91 Å². The molecule has 2 rings (SSSR count). The number of aromatic nitrogens is 1. The van der Waals surface area contributed by atoms with Gasteiger partial charge in [-0.1, -0.05) is 5.16 Å². The summed E-state index contributed by atoms with van der Waals surface area (Å²) in [7, 11) is 0. The summed E-state index contributed by atoms with van der Waals surface area (Å²) < 4.78 is 85.0. The summed E-state index contributed by atoms with van der Waals surface area (Å²) >= 11 is 0. The lowest BCUT2D eigenvalue weighted by molar-refractivity contribution is -0.153. The molecule has 1 aromatic carbocycles. The van der Waals surface area contributed by atoms with E-state index in [2.05, 4.69) is 15.2 Å². The van der Waals surface area contributed by atoms with Crippen molar-refractivity contribution in [3.63, 3.8) is 0 Å². The largest absolute Gasteiger partial charge is 0.482 e. The molecular formula is C16H14F6N2O3. The molecule has 1 heterocycles. The highest BCUT2D eigenvalue weighted by Crippen LogP contribution is 2.35. The average molecular weight is 396 g/mol. The lowest BCUT2D eigenvalue weighted by Gasteiger charge is -2.16. The Morgan fingerprint density at radius 2 is 1.85 bits per heavy atom. The number of ether oxygens (including phenoxy) is 1. The van der Waals surface area contributed by atoms with Crippen molar-refractivity contribution in [2.45, 2.75) is 32.6 Å². The Balaban J connectivity index is 2.26. The van der Waals surface area contributed by atoms with Crippen molar-refractivity contribution in [1.29, 1.82) is 0 Å². The molecule has 0 radical (unpaired) electrons. The third kappa shape index (κ3) is 5.63. The second kappa shape index (κ2) is 7.49. The molecule has 11 heteroatoms. The molecule has 0 bridgehead atoms. The summed E-state index contributed by atoms with van der Waals surface area (Å²) in [6.45, 7) is 1.40. The van der Waals surface area contributed by atoms with Gasteiger partial charge in [0.1, 0.15) is 11.5 Å². The molecule has 0 aliphatic heterocycles. The van der Waals surface area contributed by atoms with Crippen LogP contribution in [0.5, 0.6) is 5.75 Å². The molecule has 0 saturated carbocycles. The monoisotopic (exact) mass is 396 g/mol. The van der Waals surface area contributed by atoms with E-state index < -0.39 is 41.9 Å². The van der Waals surface area contributed by atoms with Crippen LogP contribution in [0.3, 0.4) is 0 Å². The second-order valence-corrected chi connectivity index (χ2v) is 5.64. The van der Waals surface area contributed by atoms with Crippen molar-refractivity contribution in [3.05, 3.63) is 40.8 Å². The molecule has 0 atom stereocenters. The van der Waals surface area contributed by atoms with Gasteiger partial charge in [-0.05, 0) is 32.0 Å². The number of aryl methyl sites for hydroxylation is 2. The maximum Gasteiger partial charge on any atom is 0.422 e. The Bertz CT molecular complexity index is 807. The molecule has 1 aromatic heterocycles. The van der Waals surface area contributed by atoms with Crippen molar-refractivity contribution in [2.75, 3.05) is 11.9 Å². The number of halogens is 6. The van der Waals surface area contributed by atoms with Gasteiger partial charge in [-0.15, -0.1) is 0 Å². The van der Waals surface area contributed by atoms with Crippen molar-refractivity contribution in [2.24, 2.45) is 0 Å². The SMILES string of the molecule is Cc1noc(C)c1CC(=O)Nc1cc(C(F)(F)F)ccc1OCC(F)(F)F. The first kappa shape index (κ1) is 20.6. The molecule has 1 amide bonds. The van der Waals surface area contributed by atoms with Gasteiger partial charge in [0.15, 0.2) is 6.61 Å². The van der Waals surface area contributed by atoms with E-state index >= 15 is 0 Å². The quantitative estimate of drug-likeness (QED) is 0.760. The number of anilines is 1. The molecule has 0 aliphatic rings. The maximum absolute atomic E-state index is 12.9. The topological polar surface area (TPSA) is 64.4 Å². The molecule has 0 saturated heterocycles. The van der Waals surface area contributed by atoms with Crippen LogP contribution < -0.4 is 10.1 Å². The molecule has 148 valence electrons. The molecule has 0 fully saturated rings. The standard InChI is InChI=1S/C16H14F6N2O3/c1-8-11(9(2)27-24-8)6-14(25)23-12-5-10(16(20,21)22)3-4-13(12)26-7-15(17,18)19/h3-5H,6-7H2,1-2H3,(H,23,25). The van der Waals surface area contributed by atoms with Crippen LogP contribution >= 0.6 is 0 Å². The van der Waals surface area contributed by atoms with E-state index in [4.69, 9.17) is 4.52 Å². The Hall–Kier alpha value is -2.72. The predicted molar refractivity (Wildman–Crippen MR) is 81.3 cm³/mol. The molecule has 0 spiro atoms. The van der Waals surface area contributed by atoms with Crippen LogP contribution in [0.25, 0.3) is 0 Å². The van der Waals surface area contributed by atoms with Crippen LogP contribution in [-0.2, 0) is 17.4 Å². The van der Waals surface area contributed by atoms with Crippen LogP contribution in [-0.4, -0.2) is 23.8 Å². The zero-order valence-corrected chi connectivity index (χ0v) is 14.1. The number of amides is 1. The predicted octanol–water partition coefficient (Wildman–Crippen LogP) is 4.43. The first-order valence-corrected chi connectivity index (χ1v) is 7.49. The highest BCUT2D eigenvalue weighted by atomic mass is 19.4. The van der Waals surface area contributed by atoms with Gasteiger partial charge in [0.25, 0.3) is 0 Å². The van der Waals surface area contributed by atoms with Gasteiger partial charge in [0, 0.05) is 5.56 Å². The highest BCUT2D eigenvalue weighted by molar-refractivity contribution is 5.94. The van der Waals surface area contributed by atoms with Crippen LogP contribution in [0.2, 0.25) is 0 Å². The van der Waals surface area contributed by atoms with E-state index in [-0.39, 0.29) is 6.42 Å². The molecule has 5 nitrogen and oxygen atoms in total.